The first-order valence-electron chi connectivity index (χ1n) is 5.37. The van der Waals surface area contributed by atoms with Gasteiger partial charge in [0.15, 0.2) is 0 Å². The third kappa shape index (κ3) is 2.83. The third-order valence-corrected chi connectivity index (χ3v) is 3.39. The van der Waals surface area contributed by atoms with E-state index in [1.54, 1.807) is 4.90 Å². The molecule has 0 saturated carbocycles. The van der Waals surface area contributed by atoms with Crippen LogP contribution in [0, 0.1) is 0 Å². The van der Waals surface area contributed by atoms with Crippen molar-refractivity contribution in [2.75, 3.05) is 20.1 Å². The van der Waals surface area contributed by atoms with Crippen LogP contribution in [0.3, 0.4) is 0 Å². The van der Waals surface area contributed by atoms with Gasteiger partial charge in [0.2, 0.25) is 5.91 Å². The first-order valence-corrected chi connectivity index (χ1v) is 6.16. The van der Waals surface area contributed by atoms with E-state index >= 15 is 0 Å². The van der Waals surface area contributed by atoms with Crippen LogP contribution in [0.5, 0.6) is 0 Å². The molecule has 1 fully saturated rings. The number of piperazine rings is 1. The molecule has 2 rings (SSSR count). The highest BCUT2D eigenvalue weighted by Gasteiger charge is 2.21. The molecule has 0 aliphatic carbocycles. The summed E-state index contributed by atoms with van der Waals surface area (Å²) in [6.07, 6.45) is 0.963. The van der Waals surface area contributed by atoms with Gasteiger partial charge < -0.3 is 10.2 Å². The Morgan fingerprint density at radius 3 is 2.75 bits per heavy atom. The molecular formula is C12H15BrN2O. The van der Waals surface area contributed by atoms with Gasteiger partial charge in [-0.3, -0.25) is 4.79 Å². The van der Waals surface area contributed by atoms with Crippen molar-refractivity contribution in [1.82, 2.24) is 10.2 Å². The molecule has 0 spiro atoms. The summed E-state index contributed by atoms with van der Waals surface area (Å²) in [4.78, 5) is 13.1. The summed E-state index contributed by atoms with van der Waals surface area (Å²) in [7, 11) is 1.86. The summed E-state index contributed by atoms with van der Waals surface area (Å²) < 4.78 is 1.10. The molecule has 16 heavy (non-hydrogen) atoms. The van der Waals surface area contributed by atoms with E-state index in [1.165, 1.54) is 5.56 Å². The van der Waals surface area contributed by atoms with Gasteiger partial charge in [0, 0.05) is 24.1 Å². The molecule has 86 valence electrons. The number of likely N-dealkylation sites (N-methyl/N-ethyl adjacent to an activating group) is 1. The lowest BCUT2D eigenvalue weighted by molar-refractivity contribution is -0.131. The Hall–Kier alpha value is -0.870. The molecule has 4 heteroatoms. The molecule has 1 saturated heterocycles. The summed E-state index contributed by atoms with van der Waals surface area (Å²) in [5, 5.41) is 3.26. The SMILES string of the molecule is CN1CC(Cc2ccc(Br)cc2)NCC1=O. The van der Waals surface area contributed by atoms with Gasteiger partial charge in [-0.05, 0) is 24.1 Å². The normalized spacial score (nSPS) is 21.2. The van der Waals surface area contributed by atoms with E-state index in [-0.39, 0.29) is 5.91 Å². The van der Waals surface area contributed by atoms with Gasteiger partial charge in [0.1, 0.15) is 0 Å². The van der Waals surface area contributed by atoms with Gasteiger partial charge >= 0.3 is 0 Å². The quantitative estimate of drug-likeness (QED) is 0.890. The van der Waals surface area contributed by atoms with E-state index in [0.717, 1.165) is 17.4 Å². The van der Waals surface area contributed by atoms with Gasteiger partial charge in [0.25, 0.3) is 0 Å². The van der Waals surface area contributed by atoms with Crippen molar-refractivity contribution >= 4 is 21.8 Å². The summed E-state index contributed by atoms with van der Waals surface area (Å²) in [6.45, 7) is 1.24. The van der Waals surface area contributed by atoms with Crippen LogP contribution in [0.1, 0.15) is 5.56 Å². The first-order chi connectivity index (χ1) is 7.65. The second-order valence-corrected chi connectivity index (χ2v) is 5.10. The fourth-order valence-electron chi connectivity index (χ4n) is 1.91. The van der Waals surface area contributed by atoms with Crippen molar-refractivity contribution in [3.05, 3.63) is 34.3 Å². The van der Waals surface area contributed by atoms with Crippen LogP contribution < -0.4 is 5.32 Å². The molecular weight excluding hydrogens is 268 g/mol. The molecule has 1 aromatic carbocycles. The number of rotatable bonds is 2. The zero-order valence-electron chi connectivity index (χ0n) is 9.24. The Bertz CT molecular complexity index is 377. The van der Waals surface area contributed by atoms with E-state index in [9.17, 15) is 4.79 Å². The van der Waals surface area contributed by atoms with Crippen LogP contribution in [0.25, 0.3) is 0 Å². The van der Waals surface area contributed by atoms with E-state index in [2.05, 4.69) is 33.4 Å². The molecule has 1 amide bonds. The Morgan fingerprint density at radius 1 is 1.44 bits per heavy atom. The highest BCUT2D eigenvalue weighted by Crippen LogP contribution is 2.13. The molecule has 0 aromatic heterocycles. The molecule has 1 unspecified atom stereocenters. The van der Waals surface area contributed by atoms with Crippen molar-refractivity contribution in [2.45, 2.75) is 12.5 Å². The molecule has 1 aliphatic rings. The molecule has 0 radical (unpaired) electrons. The molecule has 1 atom stereocenters. The Labute approximate surface area is 104 Å². The van der Waals surface area contributed by atoms with E-state index < -0.39 is 0 Å². The van der Waals surface area contributed by atoms with Crippen molar-refractivity contribution in [1.29, 1.82) is 0 Å². The number of hydrogen-bond donors (Lipinski definition) is 1. The Balaban J connectivity index is 1.95. The number of benzene rings is 1. The molecule has 1 N–H and O–H groups in total. The van der Waals surface area contributed by atoms with E-state index in [4.69, 9.17) is 0 Å². The topological polar surface area (TPSA) is 32.3 Å². The van der Waals surface area contributed by atoms with Gasteiger partial charge in [-0.2, -0.15) is 0 Å². The predicted octanol–water partition coefficient (Wildman–Crippen LogP) is 1.42. The van der Waals surface area contributed by atoms with Crippen LogP contribution in [0.4, 0.5) is 0 Å². The van der Waals surface area contributed by atoms with Crippen molar-refractivity contribution in [3.8, 4) is 0 Å². The molecule has 3 nitrogen and oxygen atoms in total. The average molecular weight is 283 g/mol. The smallest absolute Gasteiger partial charge is 0.236 e. The minimum absolute atomic E-state index is 0.173. The second-order valence-electron chi connectivity index (χ2n) is 4.18. The Morgan fingerprint density at radius 2 is 2.12 bits per heavy atom. The number of nitrogens with zero attached hydrogens (tertiary/aromatic N) is 1. The van der Waals surface area contributed by atoms with Crippen molar-refractivity contribution < 1.29 is 4.79 Å². The van der Waals surface area contributed by atoms with Crippen LogP contribution in [0.2, 0.25) is 0 Å². The fourth-order valence-corrected chi connectivity index (χ4v) is 2.17. The maximum atomic E-state index is 11.3. The molecule has 1 aliphatic heterocycles. The largest absolute Gasteiger partial charge is 0.343 e. The van der Waals surface area contributed by atoms with Gasteiger partial charge in [-0.1, -0.05) is 28.1 Å². The number of carbonyl (C=O) groups excluding carboxylic acids is 1. The number of nitrogens with one attached hydrogen (secondary N) is 1. The Kier molecular flexibility index (Phi) is 3.61. The van der Waals surface area contributed by atoms with Crippen molar-refractivity contribution in [2.24, 2.45) is 0 Å². The maximum absolute atomic E-state index is 11.3. The first kappa shape index (κ1) is 11.6. The zero-order chi connectivity index (χ0) is 11.5. The number of hydrogen-bond acceptors (Lipinski definition) is 2. The summed E-state index contributed by atoms with van der Waals surface area (Å²) >= 11 is 3.42. The lowest BCUT2D eigenvalue weighted by atomic mass is 10.0. The van der Waals surface area contributed by atoms with E-state index in [0.29, 0.717) is 12.6 Å². The molecule has 1 aromatic rings. The maximum Gasteiger partial charge on any atom is 0.236 e. The summed E-state index contributed by atoms with van der Waals surface area (Å²) in [6, 6.07) is 8.69. The van der Waals surface area contributed by atoms with Gasteiger partial charge in [-0.15, -0.1) is 0 Å². The second kappa shape index (κ2) is 4.97. The average Bonchev–Trinajstić information content (AvgIpc) is 2.27. The van der Waals surface area contributed by atoms with Crippen LogP contribution in [-0.4, -0.2) is 37.0 Å². The van der Waals surface area contributed by atoms with Crippen LogP contribution in [0.15, 0.2) is 28.7 Å². The summed E-state index contributed by atoms with van der Waals surface area (Å²) in [5.74, 6) is 0.173. The van der Waals surface area contributed by atoms with Gasteiger partial charge in [-0.25, -0.2) is 0 Å². The highest BCUT2D eigenvalue weighted by molar-refractivity contribution is 9.10. The monoisotopic (exact) mass is 282 g/mol. The van der Waals surface area contributed by atoms with Gasteiger partial charge in [0.05, 0.1) is 6.54 Å². The summed E-state index contributed by atoms with van der Waals surface area (Å²) in [5.41, 5.74) is 1.29. The number of halogens is 1. The van der Waals surface area contributed by atoms with Crippen LogP contribution in [-0.2, 0) is 11.2 Å². The zero-order valence-corrected chi connectivity index (χ0v) is 10.8. The highest BCUT2D eigenvalue weighted by atomic mass is 79.9. The lowest BCUT2D eigenvalue weighted by Crippen LogP contribution is -2.53. The predicted molar refractivity (Wildman–Crippen MR) is 67.3 cm³/mol. The minimum Gasteiger partial charge on any atom is -0.343 e. The standard InChI is InChI=1S/C12H15BrN2O/c1-15-8-11(14-7-12(15)16)6-9-2-4-10(13)5-3-9/h2-5,11,14H,6-8H2,1H3. The molecule has 0 bridgehead atoms. The number of carbonyl (C=O) groups is 1. The minimum atomic E-state index is 0.173. The van der Waals surface area contributed by atoms with Crippen LogP contribution >= 0.6 is 15.9 Å². The fraction of sp³-hybridized carbons (Fsp3) is 0.417. The number of amides is 1. The van der Waals surface area contributed by atoms with Crippen molar-refractivity contribution in [3.63, 3.8) is 0 Å². The van der Waals surface area contributed by atoms with E-state index in [1.807, 2.05) is 19.2 Å². The lowest BCUT2D eigenvalue weighted by Gasteiger charge is -2.30. The molecule has 1 heterocycles. The third-order valence-electron chi connectivity index (χ3n) is 2.86.